The second-order valence-corrected chi connectivity index (χ2v) is 11.3. The van der Waals surface area contributed by atoms with Crippen LogP contribution in [0.1, 0.15) is 11.1 Å². The van der Waals surface area contributed by atoms with Crippen LogP contribution in [0.25, 0.3) is 65.7 Å². The molecular formula is C43H30. The molecule has 0 unspecified atom stereocenters. The number of fused-ring (bicyclic) bond motifs is 3. The molecule has 0 heterocycles. The van der Waals surface area contributed by atoms with Crippen LogP contribution in [0.5, 0.6) is 0 Å². The summed E-state index contributed by atoms with van der Waals surface area (Å²) in [6, 6.07) is 61.9. The summed E-state index contributed by atoms with van der Waals surface area (Å²) >= 11 is 0. The minimum atomic E-state index is 0.863. The number of rotatable bonds is 5. The van der Waals surface area contributed by atoms with E-state index in [9.17, 15) is 0 Å². The molecule has 8 aromatic carbocycles. The fraction of sp³-hybridized carbons (Fsp3) is 0.0233. The van der Waals surface area contributed by atoms with Gasteiger partial charge in [-0.25, -0.2) is 0 Å². The molecule has 0 radical (unpaired) electrons. The minimum Gasteiger partial charge on any atom is -0.0622 e. The fourth-order valence-electron chi connectivity index (χ4n) is 6.78. The van der Waals surface area contributed by atoms with E-state index in [4.69, 9.17) is 0 Å². The highest BCUT2D eigenvalue weighted by Crippen LogP contribution is 2.42. The largest absolute Gasteiger partial charge is 0.0622 e. The molecule has 0 nitrogen and oxygen atoms in total. The van der Waals surface area contributed by atoms with Gasteiger partial charge in [0.1, 0.15) is 0 Å². The molecule has 0 heteroatoms. The summed E-state index contributed by atoms with van der Waals surface area (Å²) in [7, 11) is 0. The van der Waals surface area contributed by atoms with Crippen LogP contribution in [-0.2, 0) is 6.42 Å². The van der Waals surface area contributed by atoms with Crippen LogP contribution in [0.15, 0.2) is 170 Å². The van der Waals surface area contributed by atoms with Gasteiger partial charge in [0.15, 0.2) is 0 Å². The molecule has 0 aliphatic rings. The van der Waals surface area contributed by atoms with Gasteiger partial charge in [-0.1, -0.05) is 164 Å². The first-order valence-corrected chi connectivity index (χ1v) is 15.0. The van der Waals surface area contributed by atoms with E-state index >= 15 is 0 Å². The molecule has 8 rings (SSSR count). The maximum atomic E-state index is 2.40. The first kappa shape index (κ1) is 25.3. The van der Waals surface area contributed by atoms with Crippen molar-refractivity contribution in [2.24, 2.45) is 0 Å². The van der Waals surface area contributed by atoms with Gasteiger partial charge in [0.25, 0.3) is 0 Å². The van der Waals surface area contributed by atoms with Crippen LogP contribution in [-0.4, -0.2) is 0 Å². The smallest absolute Gasteiger partial charge is 0.000728 e. The third-order valence-corrected chi connectivity index (χ3v) is 8.77. The Kier molecular flexibility index (Phi) is 6.31. The monoisotopic (exact) mass is 546 g/mol. The molecule has 0 atom stereocenters. The third kappa shape index (κ3) is 4.49. The van der Waals surface area contributed by atoms with E-state index in [1.54, 1.807) is 0 Å². The molecule has 8 aromatic rings. The van der Waals surface area contributed by atoms with Gasteiger partial charge in [0, 0.05) is 0 Å². The Morgan fingerprint density at radius 2 is 0.860 bits per heavy atom. The molecule has 0 N–H and O–H groups in total. The Bertz CT molecular complexity index is 2180. The second kappa shape index (κ2) is 10.7. The third-order valence-electron chi connectivity index (χ3n) is 8.77. The minimum absolute atomic E-state index is 0.863. The van der Waals surface area contributed by atoms with Crippen LogP contribution >= 0.6 is 0 Å². The van der Waals surface area contributed by atoms with Crippen molar-refractivity contribution >= 4 is 32.3 Å². The van der Waals surface area contributed by atoms with Crippen molar-refractivity contribution in [1.82, 2.24) is 0 Å². The number of benzene rings is 8. The normalized spacial score (nSPS) is 11.3. The average molecular weight is 547 g/mol. The summed E-state index contributed by atoms with van der Waals surface area (Å²) in [6.07, 6.45) is 0.863. The highest BCUT2D eigenvalue weighted by atomic mass is 14.2. The topological polar surface area (TPSA) is 0 Å². The van der Waals surface area contributed by atoms with E-state index in [1.165, 1.54) is 76.8 Å². The highest BCUT2D eigenvalue weighted by Gasteiger charge is 2.17. The summed E-state index contributed by atoms with van der Waals surface area (Å²) in [4.78, 5) is 0. The van der Waals surface area contributed by atoms with Gasteiger partial charge >= 0.3 is 0 Å². The number of hydrogen-bond donors (Lipinski definition) is 0. The van der Waals surface area contributed by atoms with Crippen LogP contribution in [0.2, 0.25) is 0 Å². The zero-order valence-corrected chi connectivity index (χ0v) is 23.9. The van der Waals surface area contributed by atoms with E-state index in [0.29, 0.717) is 0 Å². The van der Waals surface area contributed by atoms with Crippen molar-refractivity contribution in [3.63, 3.8) is 0 Å². The van der Waals surface area contributed by atoms with Crippen LogP contribution in [0, 0.1) is 0 Å². The van der Waals surface area contributed by atoms with Crippen molar-refractivity contribution in [1.29, 1.82) is 0 Å². The first-order chi connectivity index (χ1) is 21.3. The van der Waals surface area contributed by atoms with Gasteiger partial charge in [0.05, 0.1) is 0 Å². The molecule has 0 aliphatic carbocycles. The lowest BCUT2D eigenvalue weighted by molar-refractivity contribution is 1.23. The standard InChI is InChI=1S/C43H30/c1-3-14-30(15-4-1)35-20-8-7-18-33(35)28-42-37-21-9-11-23-39(37)43(40-24-12-10-22-38(40)42)34-27-26-32-19-13-25-36(41(32)29-34)31-16-5-2-6-17-31/h1-27,29H,28H2. The highest BCUT2D eigenvalue weighted by molar-refractivity contribution is 6.16. The van der Waals surface area contributed by atoms with E-state index in [1.807, 2.05) is 0 Å². The molecule has 0 bridgehead atoms. The van der Waals surface area contributed by atoms with Crippen LogP contribution < -0.4 is 0 Å². The fourth-order valence-corrected chi connectivity index (χ4v) is 6.78. The predicted molar refractivity (Wildman–Crippen MR) is 185 cm³/mol. The van der Waals surface area contributed by atoms with E-state index in [2.05, 4.69) is 170 Å². The lowest BCUT2D eigenvalue weighted by Crippen LogP contribution is -1.97. The van der Waals surface area contributed by atoms with E-state index in [-0.39, 0.29) is 0 Å². The lowest BCUT2D eigenvalue weighted by atomic mass is 9.84. The Morgan fingerprint density at radius 3 is 1.53 bits per heavy atom. The zero-order chi connectivity index (χ0) is 28.6. The predicted octanol–water partition coefficient (Wildman–Crippen LogP) is 11.7. The first-order valence-electron chi connectivity index (χ1n) is 15.0. The van der Waals surface area contributed by atoms with E-state index in [0.717, 1.165) is 6.42 Å². The lowest BCUT2D eigenvalue weighted by Gasteiger charge is -2.19. The van der Waals surface area contributed by atoms with E-state index < -0.39 is 0 Å². The van der Waals surface area contributed by atoms with Crippen molar-refractivity contribution in [3.8, 4) is 33.4 Å². The molecule has 0 spiro atoms. The Hall–Kier alpha value is -5.46. The molecule has 202 valence electrons. The Labute approximate surface area is 252 Å². The summed E-state index contributed by atoms with van der Waals surface area (Å²) in [5, 5.41) is 7.76. The Morgan fingerprint density at radius 1 is 0.326 bits per heavy atom. The molecule has 0 aliphatic heterocycles. The quantitative estimate of drug-likeness (QED) is 0.188. The van der Waals surface area contributed by atoms with Crippen molar-refractivity contribution in [2.75, 3.05) is 0 Å². The second-order valence-electron chi connectivity index (χ2n) is 11.3. The summed E-state index contributed by atoms with van der Waals surface area (Å²) in [5.74, 6) is 0. The molecule has 0 saturated carbocycles. The molecule has 0 saturated heterocycles. The molecule has 0 amide bonds. The SMILES string of the molecule is c1ccc(-c2ccccc2Cc2c3ccccc3c(-c3ccc4cccc(-c5ccccc5)c4c3)c3ccccc23)cc1. The molecule has 0 fully saturated rings. The zero-order valence-electron chi connectivity index (χ0n) is 23.9. The van der Waals surface area contributed by atoms with Gasteiger partial charge in [-0.15, -0.1) is 0 Å². The maximum absolute atomic E-state index is 2.40. The molecular weight excluding hydrogens is 516 g/mol. The summed E-state index contributed by atoms with van der Waals surface area (Å²) in [5.41, 5.74) is 10.3. The van der Waals surface area contributed by atoms with Gasteiger partial charge in [-0.05, 0) is 89.3 Å². The maximum Gasteiger partial charge on any atom is -0.000728 e. The van der Waals surface area contributed by atoms with Crippen molar-refractivity contribution in [3.05, 3.63) is 181 Å². The average Bonchev–Trinajstić information content (AvgIpc) is 3.09. The summed E-state index contributed by atoms with van der Waals surface area (Å²) < 4.78 is 0. The number of hydrogen-bond acceptors (Lipinski definition) is 0. The van der Waals surface area contributed by atoms with Crippen LogP contribution in [0.4, 0.5) is 0 Å². The van der Waals surface area contributed by atoms with Crippen molar-refractivity contribution in [2.45, 2.75) is 6.42 Å². The Balaban J connectivity index is 1.37. The van der Waals surface area contributed by atoms with Gasteiger partial charge in [-0.2, -0.15) is 0 Å². The molecule has 43 heavy (non-hydrogen) atoms. The van der Waals surface area contributed by atoms with Crippen molar-refractivity contribution < 1.29 is 0 Å². The van der Waals surface area contributed by atoms with Gasteiger partial charge < -0.3 is 0 Å². The molecule has 0 aromatic heterocycles. The van der Waals surface area contributed by atoms with Gasteiger partial charge in [0.2, 0.25) is 0 Å². The van der Waals surface area contributed by atoms with Crippen LogP contribution in [0.3, 0.4) is 0 Å². The van der Waals surface area contributed by atoms with Gasteiger partial charge in [-0.3, -0.25) is 0 Å². The summed E-state index contributed by atoms with van der Waals surface area (Å²) in [6.45, 7) is 0.